The number of nitrogens with zero attached hydrogens (tertiary/aromatic N) is 6. The predicted octanol–water partition coefficient (Wildman–Crippen LogP) is 1.57. The van der Waals surface area contributed by atoms with Gasteiger partial charge in [0, 0.05) is 37.4 Å². The molecule has 2 aromatic heterocycles. The van der Waals surface area contributed by atoms with Crippen LogP contribution in [0.15, 0.2) is 48.9 Å². The van der Waals surface area contributed by atoms with E-state index in [0.29, 0.717) is 42.4 Å². The monoisotopic (exact) mass is 391 g/mol. The fourth-order valence-corrected chi connectivity index (χ4v) is 3.51. The summed E-state index contributed by atoms with van der Waals surface area (Å²) in [4.78, 5) is 24.5. The van der Waals surface area contributed by atoms with Crippen molar-refractivity contribution in [2.45, 2.75) is 13.0 Å². The lowest BCUT2D eigenvalue weighted by Crippen LogP contribution is -2.54. The van der Waals surface area contributed by atoms with Crippen LogP contribution in [0.4, 0.5) is 11.5 Å². The quantitative estimate of drug-likeness (QED) is 0.690. The zero-order valence-electron chi connectivity index (χ0n) is 15.9. The Kier molecular flexibility index (Phi) is 4.94. The van der Waals surface area contributed by atoms with Crippen molar-refractivity contribution in [1.29, 1.82) is 0 Å². The summed E-state index contributed by atoms with van der Waals surface area (Å²) in [7, 11) is 0. The number of amides is 1. The van der Waals surface area contributed by atoms with Crippen LogP contribution in [-0.2, 0) is 0 Å². The Morgan fingerprint density at radius 1 is 1.21 bits per heavy atom. The fraction of sp³-hybridized carbons (Fsp3) is 0.250. The van der Waals surface area contributed by atoms with E-state index in [9.17, 15) is 9.90 Å². The molecular formula is C20H21N7O2. The van der Waals surface area contributed by atoms with Gasteiger partial charge in [-0.05, 0) is 31.2 Å². The number of benzene rings is 1. The molecule has 3 aromatic rings. The van der Waals surface area contributed by atoms with Gasteiger partial charge in [-0.25, -0.2) is 9.97 Å². The second-order valence-electron chi connectivity index (χ2n) is 6.91. The van der Waals surface area contributed by atoms with E-state index in [1.165, 1.54) is 6.33 Å². The van der Waals surface area contributed by atoms with Gasteiger partial charge in [-0.2, -0.15) is 0 Å². The highest BCUT2D eigenvalue weighted by Gasteiger charge is 2.30. The summed E-state index contributed by atoms with van der Waals surface area (Å²) in [5.74, 6) is 0.327. The van der Waals surface area contributed by atoms with Crippen LogP contribution < -0.4 is 10.6 Å². The molecule has 3 N–H and O–H groups in total. The predicted molar refractivity (Wildman–Crippen MR) is 108 cm³/mol. The normalized spacial score (nSPS) is 16.7. The minimum atomic E-state index is -0.115. The fourth-order valence-electron chi connectivity index (χ4n) is 3.51. The van der Waals surface area contributed by atoms with Crippen molar-refractivity contribution in [3.8, 4) is 17.0 Å². The summed E-state index contributed by atoms with van der Waals surface area (Å²) in [5, 5.41) is 18.3. The number of phenolic OH excluding ortho intramolecular Hbond substituents is 1. The van der Waals surface area contributed by atoms with Crippen molar-refractivity contribution in [2.24, 2.45) is 0 Å². The first-order valence-electron chi connectivity index (χ1n) is 9.28. The largest absolute Gasteiger partial charge is 0.507 e. The van der Waals surface area contributed by atoms with Crippen molar-refractivity contribution in [3.05, 3.63) is 54.6 Å². The molecule has 1 fully saturated rings. The van der Waals surface area contributed by atoms with Crippen LogP contribution in [0.5, 0.6) is 5.75 Å². The molecule has 29 heavy (non-hydrogen) atoms. The molecule has 0 aliphatic carbocycles. The maximum Gasteiger partial charge on any atom is 0.272 e. The summed E-state index contributed by atoms with van der Waals surface area (Å²) in [5.41, 5.74) is 8.34. The van der Waals surface area contributed by atoms with Gasteiger partial charge < -0.3 is 20.6 Å². The van der Waals surface area contributed by atoms with Crippen molar-refractivity contribution in [3.63, 3.8) is 0 Å². The van der Waals surface area contributed by atoms with Crippen LogP contribution >= 0.6 is 0 Å². The topological polar surface area (TPSA) is 121 Å². The first-order chi connectivity index (χ1) is 14.0. The van der Waals surface area contributed by atoms with Crippen molar-refractivity contribution in [1.82, 2.24) is 25.1 Å². The van der Waals surface area contributed by atoms with Gasteiger partial charge in [0.15, 0.2) is 5.82 Å². The molecule has 0 spiro atoms. The summed E-state index contributed by atoms with van der Waals surface area (Å²) in [6, 6.07) is 10.4. The SMILES string of the molecule is C[C@H]1CN(c2cc(-c3ccccc3O)nnc2N)CCN1C(=O)c1ccncn1. The van der Waals surface area contributed by atoms with E-state index < -0.39 is 0 Å². The summed E-state index contributed by atoms with van der Waals surface area (Å²) < 4.78 is 0. The molecule has 1 atom stereocenters. The third-order valence-electron chi connectivity index (χ3n) is 5.01. The maximum absolute atomic E-state index is 12.7. The number of phenols is 1. The van der Waals surface area contributed by atoms with Gasteiger partial charge in [0.25, 0.3) is 5.91 Å². The highest BCUT2D eigenvalue weighted by Crippen LogP contribution is 2.32. The third kappa shape index (κ3) is 3.66. The molecule has 4 rings (SSSR count). The van der Waals surface area contributed by atoms with E-state index in [-0.39, 0.29) is 17.7 Å². The van der Waals surface area contributed by atoms with Gasteiger partial charge in [-0.1, -0.05) is 12.1 Å². The third-order valence-corrected chi connectivity index (χ3v) is 5.01. The molecule has 0 saturated carbocycles. The second-order valence-corrected chi connectivity index (χ2v) is 6.91. The Balaban J connectivity index is 1.56. The number of nitrogens with two attached hydrogens (primary N) is 1. The molecule has 148 valence electrons. The van der Waals surface area contributed by atoms with Gasteiger partial charge in [-0.15, -0.1) is 10.2 Å². The van der Waals surface area contributed by atoms with Crippen molar-refractivity contribution in [2.75, 3.05) is 30.3 Å². The number of hydrogen-bond donors (Lipinski definition) is 2. The average Bonchev–Trinajstić information content (AvgIpc) is 2.75. The Hall–Kier alpha value is -3.75. The first-order valence-corrected chi connectivity index (χ1v) is 9.28. The van der Waals surface area contributed by atoms with Crippen LogP contribution in [-0.4, -0.2) is 61.8 Å². The smallest absolute Gasteiger partial charge is 0.272 e. The highest BCUT2D eigenvalue weighted by atomic mass is 16.3. The van der Waals surface area contributed by atoms with Crippen LogP contribution in [0.3, 0.4) is 0 Å². The standard InChI is InChI=1S/C20H21N7O2/c1-13-11-26(8-9-27(13)20(29)15-6-7-22-12-23-15)17-10-16(24-25-19(17)21)14-4-2-3-5-18(14)28/h2-7,10,12-13,28H,8-9,11H2,1H3,(H2,21,25)/t13-/m0/s1. The molecule has 1 aliphatic rings. The summed E-state index contributed by atoms with van der Waals surface area (Å²) in [6.07, 6.45) is 2.93. The van der Waals surface area contributed by atoms with E-state index in [2.05, 4.69) is 25.1 Å². The van der Waals surface area contributed by atoms with E-state index in [4.69, 9.17) is 5.73 Å². The number of rotatable bonds is 3. The number of carbonyl (C=O) groups excluding carboxylic acids is 1. The molecule has 0 radical (unpaired) electrons. The average molecular weight is 391 g/mol. The Labute approximate surface area is 167 Å². The molecule has 3 heterocycles. The number of piperazine rings is 1. The number of nitrogen functional groups attached to an aromatic ring is 1. The zero-order chi connectivity index (χ0) is 20.4. The minimum absolute atomic E-state index is 0.0487. The summed E-state index contributed by atoms with van der Waals surface area (Å²) >= 11 is 0. The summed E-state index contributed by atoms with van der Waals surface area (Å²) in [6.45, 7) is 3.70. The lowest BCUT2D eigenvalue weighted by Gasteiger charge is -2.41. The van der Waals surface area contributed by atoms with Crippen LogP contribution in [0, 0.1) is 0 Å². The van der Waals surface area contributed by atoms with Crippen molar-refractivity contribution >= 4 is 17.4 Å². The Bertz CT molecular complexity index is 1030. The van der Waals surface area contributed by atoms with Crippen molar-refractivity contribution < 1.29 is 9.90 Å². The molecule has 0 unspecified atom stereocenters. The van der Waals surface area contributed by atoms with E-state index in [1.807, 2.05) is 19.1 Å². The van der Waals surface area contributed by atoms with Gasteiger partial charge >= 0.3 is 0 Å². The molecule has 1 aromatic carbocycles. The van der Waals surface area contributed by atoms with Gasteiger partial charge in [-0.3, -0.25) is 4.79 Å². The maximum atomic E-state index is 12.7. The van der Waals surface area contributed by atoms with Crippen LogP contribution in [0.1, 0.15) is 17.4 Å². The number of aromatic hydroxyl groups is 1. The number of para-hydroxylation sites is 1. The van der Waals surface area contributed by atoms with Gasteiger partial charge in [0.05, 0.1) is 11.4 Å². The molecular weight excluding hydrogens is 370 g/mol. The van der Waals surface area contributed by atoms with E-state index >= 15 is 0 Å². The molecule has 9 heteroatoms. The molecule has 1 aliphatic heterocycles. The number of carbonyl (C=O) groups is 1. The number of hydrogen-bond acceptors (Lipinski definition) is 8. The van der Waals surface area contributed by atoms with E-state index in [0.717, 1.165) is 5.69 Å². The van der Waals surface area contributed by atoms with Gasteiger partial charge in [0.2, 0.25) is 0 Å². The second kappa shape index (κ2) is 7.70. The molecule has 1 saturated heterocycles. The molecule has 0 bridgehead atoms. The van der Waals surface area contributed by atoms with Crippen LogP contribution in [0.25, 0.3) is 11.3 Å². The van der Waals surface area contributed by atoms with Crippen LogP contribution in [0.2, 0.25) is 0 Å². The lowest BCUT2D eigenvalue weighted by atomic mass is 10.1. The highest BCUT2D eigenvalue weighted by molar-refractivity contribution is 5.92. The van der Waals surface area contributed by atoms with E-state index in [1.54, 1.807) is 35.4 Å². The Morgan fingerprint density at radius 3 is 2.76 bits per heavy atom. The zero-order valence-corrected chi connectivity index (χ0v) is 15.9. The first kappa shape index (κ1) is 18.6. The molecule has 1 amide bonds. The number of anilines is 2. The number of aromatic nitrogens is 4. The molecule has 9 nitrogen and oxygen atoms in total. The lowest BCUT2D eigenvalue weighted by molar-refractivity contribution is 0.0668. The minimum Gasteiger partial charge on any atom is -0.507 e. The Morgan fingerprint density at radius 2 is 2.03 bits per heavy atom. The van der Waals surface area contributed by atoms with Gasteiger partial charge in [0.1, 0.15) is 17.8 Å².